The van der Waals surface area contributed by atoms with Gasteiger partial charge in [0.25, 0.3) is 11.7 Å². The summed E-state index contributed by atoms with van der Waals surface area (Å²) in [6.45, 7) is 0. The molecule has 1 unspecified atom stereocenters. The Bertz CT molecular complexity index is 1240. The fourth-order valence-electron chi connectivity index (χ4n) is 4.55. The molecule has 1 aliphatic carbocycles. The van der Waals surface area contributed by atoms with Crippen LogP contribution in [-0.2, 0) is 22.4 Å². The minimum atomic E-state index is -0.839. The molecule has 1 saturated heterocycles. The minimum absolute atomic E-state index is 0.0411. The molecule has 1 amide bonds. The second-order valence-electron chi connectivity index (χ2n) is 8.09. The Morgan fingerprint density at radius 3 is 2.44 bits per heavy atom. The fraction of sp³-hybridized carbons (Fsp3) is 0.192. The number of aromatic nitrogens is 1. The van der Waals surface area contributed by atoms with Crippen molar-refractivity contribution < 1.29 is 14.7 Å². The molecular weight excluding hydrogens is 424 g/mol. The maximum atomic E-state index is 13.2. The van der Waals surface area contributed by atoms with Crippen LogP contribution in [0.3, 0.4) is 0 Å². The number of aryl methyl sites for hydroxylation is 2. The first-order valence-corrected chi connectivity index (χ1v) is 11.0. The molecule has 32 heavy (non-hydrogen) atoms. The first-order valence-electron chi connectivity index (χ1n) is 10.6. The van der Waals surface area contributed by atoms with E-state index in [9.17, 15) is 14.7 Å². The number of rotatable bonds is 3. The van der Waals surface area contributed by atoms with E-state index < -0.39 is 17.7 Å². The zero-order valence-electron chi connectivity index (χ0n) is 17.3. The number of ketones is 1. The average molecular weight is 445 g/mol. The van der Waals surface area contributed by atoms with Gasteiger partial charge in [-0.3, -0.25) is 19.5 Å². The summed E-state index contributed by atoms with van der Waals surface area (Å²) in [6, 6.07) is 16.9. The van der Waals surface area contributed by atoms with Gasteiger partial charge in [0, 0.05) is 22.5 Å². The predicted molar refractivity (Wildman–Crippen MR) is 124 cm³/mol. The number of benzene rings is 2. The predicted octanol–water partition coefficient (Wildman–Crippen LogP) is 5.24. The molecule has 6 heteroatoms. The topological polar surface area (TPSA) is 70.5 Å². The van der Waals surface area contributed by atoms with Crippen LogP contribution in [0.2, 0.25) is 5.02 Å². The zero-order valence-corrected chi connectivity index (χ0v) is 18.0. The number of aliphatic hydroxyl groups excluding tert-OH is 1. The number of pyridine rings is 1. The second kappa shape index (κ2) is 8.24. The van der Waals surface area contributed by atoms with Crippen molar-refractivity contribution in [2.45, 2.75) is 31.7 Å². The molecule has 160 valence electrons. The van der Waals surface area contributed by atoms with Crippen LogP contribution in [0.1, 0.15) is 41.3 Å². The molecule has 2 heterocycles. The van der Waals surface area contributed by atoms with Crippen LogP contribution in [0.25, 0.3) is 5.76 Å². The highest BCUT2D eigenvalue weighted by Crippen LogP contribution is 2.42. The number of amides is 1. The highest BCUT2D eigenvalue weighted by molar-refractivity contribution is 6.51. The van der Waals surface area contributed by atoms with Crippen LogP contribution < -0.4 is 4.90 Å². The van der Waals surface area contributed by atoms with Crippen molar-refractivity contribution in [1.82, 2.24) is 4.98 Å². The molecule has 1 aromatic heterocycles. The van der Waals surface area contributed by atoms with E-state index in [2.05, 4.69) is 4.98 Å². The molecule has 1 aliphatic heterocycles. The van der Waals surface area contributed by atoms with Crippen molar-refractivity contribution in [3.05, 3.63) is 99.8 Å². The summed E-state index contributed by atoms with van der Waals surface area (Å²) in [5.74, 6) is -1.61. The Balaban J connectivity index is 1.68. The smallest absolute Gasteiger partial charge is 0.300 e. The van der Waals surface area contributed by atoms with E-state index in [1.807, 2.05) is 18.2 Å². The largest absolute Gasteiger partial charge is 0.507 e. The third-order valence-corrected chi connectivity index (χ3v) is 6.39. The number of Topliss-reactive ketones (excluding diaryl/α,β-unsaturated/α-hetero) is 1. The van der Waals surface area contributed by atoms with E-state index in [1.54, 1.807) is 48.7 Å². The number of fused-ring (bicyclic) bond motifs is 1. The van der Waals surface area contributed by atoms with Crippen LogP contribution in [0.15, 0.2) is 72.4 Å². The SMILES string of the molecule is O=C1C(=O)N(c2ccc(Cl)cc2)C(c2ccccn2)/C1=C(/O)c1ccc2c(c1)CCCC2. The summed E-state index contributed by atoms with van der Waals surface area (Å²) >= 11 is 6.02. The van der Waals surface area contributed by atoms with Gasteiger partial charge in [-0.05, 0) is 79.3 Å². The van der Waals surface area contributed by atoms with Crippen LogP contribution in [0, 0.1) is 0 Å². The lowest BCUT2D eigenvalue weighted by molar-refractivity contribution is -0.132. The molecule has 0 spiro atoms. The van der Waals surface area contributed by atoms with Crippen LogP contribution in [-0.4, -0.2) is 21.8 Å². The summed E-state index contributed by atoms with van der Waals surface area (Å²) in [4.78, 5) is 32.1. The number of aliphatic hydroxyl groups is 1. The molecular formula is C26H21ClN2O3. The summed E-state index contributed by atoms with van der Waals surface area (Å²) in [7, 11) is 0. The van der Waals surface area contributed by atoms with Crippen molar-refractivity contribution in [3.8, 4) is 0 Å². The monoisotopic (exact) mass is 444 g/mol. The number of nitrogens with zero attached hydrogens (tertiary/aromatic N) is 2. The van der Waals surface area contributed by atoms with Crippen LogP contribution >= 0.6 is 11.6 Å². The first kappa shape index (κ1) is 20.5. The standard InChI is InChI=1S/C26H21ClN2O3/c27-19-10-12-20(13-11-19)29-23(21-7-3-4-14-28-21)22(25(31)26(29)32)24(30)18-9-8-16-5-1-2-6-17(16)15-18/h3-4,7-15,23,30H,1-2,5-6H2/b24-22-. The summed E-state index contributed by atoms with van der Waals surface area (Å²) < 4.78 is 0. The highest BCUT2D eigenvalue weighted by atomic mass is 35.5. The average Bonchev–Trinajstić information content (AvgIpc) is 3.10. The van der Waals surface area contributed by atoms with Crippen molar-refractivity contribution in [1.29, 1.82) is 0 Å². The Kier molecular flexibility index (Phi) is 5.27. The molecule has 1 atom stereocenters. The summed E-state index contributed by atoms with van der Waals surface area (Å²) in [5.41, 5.74) is 4.05. The molecule has 0 radical (unpaired) electrons. The molecule has 2 aliphatic rings. The fourth-order valence-corrected chi connectivity index (χ4v) is 4.68. The number of hydrogen-bond donors (Lipinski definition) is 1. The van der Waals surface area contributed by atoms with E-state index in [0.29, 0.717) is 22.0 Å². The molecule has 5 nitrogen and oxygen atoms in total. The Labute approximate surface area is 191 Å². The van der Waals surface area contributed by atoms with Gasteiger partial charge in [-0.1, -0.05) is 29.8 Å². The number of anilines is 1. The molecule has 1 N–H and O–H groups in total. The van der Waals surface area contributed by atoms with Crippen molar-refractivity contribution in [2.24, 2.45) is 0 Å². The Hall–Kier alpha value is -3.44. The summed E-state index contributed by atoms with van der Waals surface area (Å²) in [5, 5.41) is 11.8. The lowest BCUT2D eigenvalue weighted by Gasteiger charge is -2.24. The van der Waals surface area contributed by atoms with Gasteiger partial charge in [0.2, 0.25) is 0 Å². The van der Waals surface area contributed by atoms with Crippen molar-refractivity contribution >= 4 is 34.7 Å². The zero-order chi connectivity index (χ0) is 22.2. The minimum Gasteiger partial charge on any atom is -0.507 e. The Morgan fingerprint density at radius 2 is 1.72 bits per heavy atom. The molecule has 0 bridgehead atoms. The van der Waals surface area contributed by atoms with Gasteiger partial charge in [-0.2, -0.15) is 0 Å². The van der Waals surface area contributed by atoms with Gasteiger partial charge in [-0.15, -0.1) is 0 Å². The van der Waals surface area contributed by atoms with E-state index in [-0.39, 0.29) is 11.3 Å². The van der Waals surface area contributed by atoms with Gasteiger partial charge in [0.1, 0.15) is 11.8 Å². The van der Waals surface area contributed by atoms with Crippen LogP contribution in [0.4, 0.5) is 5.69 Å². The lowest BCUT2D eigenvalue weighted by atomic mass is 9.89. The number of carbonyl (C=O) groups is 2. The second-order valence-corrected chi connectivity index (χ2v) is 8.53. The molecule has 2 aromatic carbocycles. The maximum Gasteiger partial charge on any atom is 0.300 e. The van der Waals surface area contributed by atoms with Crippen molar-refractivity contribution in [2.75, 3.05) is 4.90 Å². The van der Waals surface area contributed by atoms with Gasteiger partial charge in [0.05, 0.1) is 11.3 Å². The van der Waals surface area contributed by atoms with E-state index in [4.69, 9.17) is 11.6 Å². The third-order valence-electron chi connectivity index (χ3n) is 6.14. The summed E-state index contributed by atoms with van der Waals surface area (Å²) in [6.07, 6.45) is 5.83. The maximum absolute atomic E-state index is 13.2. The number of halogens is 1. The molecule has 5 rings (SSSR count). The molecule has 3 aromatic rings. The van der Waals surface area contributed by atoms with Gasteiger partial charge < -0.3 is 5.11 Å². The first-order chi connectivity index (χ1) is 15.5. The van der Waals surface area contributed by atoms with E-state index in [0.717, 1.165) is 25.7 Å². The van der Waals surface area contributed by atoms with E-state index in [1.165, 1.54) is 16.0 Å². The molecule has 1 fully saturated rings. The number of hydrogen-bond acceptors (Lipinski definition) is 4. The normalized spacial score (nSPS) is 19.8. The van der Waals surface area contributed by atoms with E-state index >= 15 is 0 Å². The third kappa shape index (κ3) is 3.49. The quantitative estimate of drug-likeness (QED) is 0.340. The lowest BCUT2D eigenvalue weighted by Crippen LogP contribution is -2.29. The van der Waals surface area contributed by atoms with Crippen molar-refractivity contribution in [3.63, 3.8) is 0 Å². The van der Waals surface area contributed by atoms with Gasteiger partial charge in [0.15, 0.2) is 0 Å². The number of carbonyl (C=O) groups excluding carboxylic acids is 2. The van der Waals surface area contributed by atoms with Gasteiger partial charge >= 0.3 is 0 Å². The molecule has 0 saturated carbocycles. The van der Waals surface area contributed by atoms with Crippen LogP contribution in [0.5, 0.6) is 0 Å². The highest BCUT2D eigenvalue weighted by Gasteiger charge is 2.47. The van der Waals surface area contributed by atoms with Gasteiger partial charge in [-0.25, -0.2) is 0 Å². The Morgan fingerprint density at radius 1 is 0.969 bits per heavy atom.